The molecule has 0 aliphatic heterocycles. The number of carbonyl (C=O) groups is 1. The molecule has 1 saturated carbocycles. The van der Waals surface area contributed by atoms with Crippen molar-refractivity contribution in [1.82, 2.24) is 0 Å². The van der Waals surface area contributed by atoms with Crippen molar-refractivity contribution >= 4 is 5.97 Å². The maximum atomic E-state index is 13.4. The molecule has 0 amide bonds. The number of alkyl halides is 3. The van der Waals surface area contributed by atoms with E-state index in [2.05, 4.69) is 6.92 Å². The lowest BCUT2D eigenvalue weighted by Gasteiger charge is -2.12. The van der Waals surface area contributed by atoms with Gasteiger partial charge in [-0.15, -0.1) is 0 Å². The van der Waals surface area contributed by atoms with Gasteiger partial charge in [0.15, 0.2) is 0 Å². The number of hydrogen-bond acceptors (Lipinski definition) is 2. The molecule has 1 aromatic carbocycles. The summed E-state index contributed by atoms with van der Waals surface area (Å²) in [7, 11) is 0. The van der Waals surface area contributed by atoms with Crippen LogP contribution >= 0.6 is 0 Å². The molecule has 1 fully saturated rings. The number of benzene rings is 1. The number of carbonyl (C=O) groups excluding carboxylic acids is 1. The predicted molar refractivity (Wildman–Crippen MR) is 72.8 cm³/mol. The van der Waals surface area contributed by atoms with E-state index in [4.69, 9.17) is 4.74 Å². The molecule has 2 unspecified atom stereocenters. The second-order valence-corrected chi connectivity index (χ2v) is 5.73. The van der Waals surface area contributed by atoms with Crippen LogP contribution in [0.4, 0.5) is 17.6 Å². The van der Waals surface area contributed by atoms with Crippen LogP contribution in [0.2, 0.25) is 0 Å². The minimum absolute atomic E-state index is 0.186. The number of halogens is 4. The average molecular weight is 318 g/mol. The Kier molecular flexibility index (Phi) is 5.08. The minimum Gasteiger partial charge on any atom is -0.426 e. The molecule has 0 heterocycles. The van der Waals surface area contributed by atoms with Gasteiger partial charge in [-0.1, -0.05) is 19.8 Å². The first kappa shape index (κ1) is 16.8. The molecule has 0 spiro atoms. The standard InChI is InChI=1S/C16H18F4O2/c1-2-3-10-4-5-11(8-10)15(21)22-12-6-7-13(14(17)9-12)16(18,19)20/h6-7,9-11H,2-5,8H2,1H3. The molecule has 1 aromatic rings. The van der Waals surface area contributed by atoms with Gasteiger partial charge in [-0.3, -0.25) is 4.79 Å². The highest BCUT2D eigenvalue weighted by Crippen LogP contribution is 2.36. The molecule has 0 aromatic heterocycles. The molecule has 2 rings (SSSR count). The van der Waals surface area contributed by atoms with Crippen LogP contribution in [0.5, 0.6) is 5.75 Å². The smallest absolute Gasteiger partial charge is 0.419 e. The number of esters is 1. The summed E-state index contributed by atoms with van der Waals surface area (Å²) in [5.74, 6) is -1.87. The third kappa shape index (κ3) is 3.99. The van der Waals surface area contributed by atoms with Crippen molar-refractivity contribution in [2.24, 2.45) is 11.8 Å². The van der Waals surface area contributed by atoms with E-state index >= 15 is 0 Å². The Bertz CT molecular complexity index is 539. The lowest BCUT2D eigenvalue weighted by molar-refractivity contribution is -0.140. The highest BCUT2D eigenvalue weighted by Gasteiger charge is 2.35. The molecular formula is C16H18F4O2. The first-order valence-electron chi connectivity index (χ1n) is 7.39. The molecule has 2 nitrogen and oxygen atoms in total. The third-order valence-electron chi connectivity index (χ3n) is 4.04. The Balaban J connectivity index is 1.99. The van der Waals surface area contributed by atoms with Crippen molar-refractivity contribution in [3.05, 3.63) is 29.6 Å². The van der Waals surface area contributed by atoms with Crippen molar-refractivity contribution < 1.29 is 27.1 Å². The molecule has 122 valence electrons. The van der Waals surface area contributed by atoms with E-state index in [0.717, 1.165) is 31.7 Å². The largest absolute Gasteiger partial charge is 0.426 e. The molecule has 0 bridgehead atoms. The van der Waals surface area contributed by atoms with E-state index in [9.17, 15) is 22.4 Å². The van der Waals surface area contributed by atoms with Crippen LogP contribution in [0.1, 0.15) is 44.6 Å². The van der Waals surface area contributed by atoms with Crippen molar-refractivity contribution in [1.29, 1.82) is 0 Å². The van der Waals surface area contributed by atoms with Crippen LogP contribution in [0.25, 0.3) is 0 Å². The van der Waals surface area contributed by atoms with E-state index in [1.54, 1.807) is 0 Å². The number of ether oxygens (including phenoxy) is 1. The van der Waals surface area contributed by atoms with Crippen molar-refractivity contribution in [3.8, 4) is 5.75 Å². The SMILES string of the molecule is CCCC1CCC(C(=O)Oc2ccc(C(F)(F)F)c(F)c2)C1. The molecular weight excluding hydrogens is 300 g/mol. The summed E-state index contributed by atoms with van der Waals surface area (Å²) in [6.45, 7) is 2.08. The van der Waals surface area contributed by atoms with Crippen molar-refractivity contribution in [3.63, 3.8) is 0 Å². The minimum atomic E-state index is -4.76. The van der Waals surface area contributed by atoms with Crippen LogP contribution in [0.15, 0.2) is 18.2 Å². The zero-order valence-electron chi connectivity index (χ0n) is 12.3. The van der Waals surface area contributed by atoms with Gasteiger partial charge in [-0.2, -0.15) is 13.2 Å². The zero-order valence-corrected chi connectivity index (χ0v) is 12.3. The van der Waals surface area contributed by atoms with Crippen molar-refractivity contribution in [2.75, 3.05) is 0 Å². The monoisotopic (exact) mass is 318 g/mol. The quantitative estimate of drug-likeness (QED) is 0.445. The molecule has 2 atom stereocenters. The summed E-state index contributed by atoms with van der Waals surface area (Å²) in [6, 6.07) is 2.17. The van der Waals surface area contributed by atoms with Gasteiger partial charge in [-0.25, -0.2) is 4.39 Å². The summed E-state index contributed by atoms with van der Waals surface area (Å²) in [6.07, 6.45) is -0.252. The summed E-state index contributed by atoms with van der Waals surface area (Å²) in [5, 5.41) is 0. The van der Waals surface area contributed by atoms with E-state index in [1.165, 1.54) is 0 Å². The molecule has 0 saturated heterocycles. The van der Waals surface area contributed by atoms with E-state index in [0.29, 0.717) is 24.5 Å². The molecule has 22 heavy (non-hydrogen) atoms. The summed E-state index contributed by atoms with van der Waals surface area (Å²) >= 11 is 0. The Morgan fingerprint density at radius 1 is 1.32 bits per heavy atom. The van der Waals surface area contributed by atoms with Gasteiger partial charge in [0.25, 0.3) is 0 Å². The fraction of sp³-hybridized carbons (Fsp3) is 0.562. The maximum absolute atomic E-state index is 13.4. The van der Waals surface area contributed by atoms with Gasteiger partial charge in [0, 0.05) is 6.07 Å². The van der Waals surface area contributed by atoms with Crippen LogP contribution in [0, 0.1) is 17.7 Å². The summed E-state index contributed by atoms with van der Waals surface area (Å²) in [4.78, 5) is 12.0. The van der Waals surface area contributed by atoms with Gasteiger partial charge in [0.1, 0.15) is 11.6 Å². The van der Waals surface area contributed by atoms with E-state index in [-0.39, 0.29) is 11.7 Å². The topological polar surface area (TPSA) is 26.3 Å². The summed E-state index contributed by atoms with van der Waals surface area (Å²) < 4.78 is 55.8. The first-order chi connectivity index (χ1) is 10.3. The average Bonchev–Trinajstić information content (AvgIpc) is 2.86. The second kappa shape index (κ2) is 6.67. The number of rotatable bonds is 4. The maximum Gasteiger partial charge on any atom is 0.419 e. The normalized spacial score (nSPS) is 21.9. The highest BCUT2D eigenvalue weighted by atomic mass is 19.4. The Morgan fingerprint density at radius 2 is 2.05 bits per heavy atom. The van der Waals surface area contributed by atoms with Gasteiger partial charge < -0.3 is 4.74 Å². The van der Waals surface area contributed by atoms with Gasteiger partial charge in [0.05, 0.1) is 11.5 Å². The Hall–Kier alpha value is -1.59. The molecule has 0 N–H and O–H groups in total. The first-order valence-corrected chi connectivity index (χ1v) is 7.39. The molecule has 6 heteroatoms. The Labute approximate surface area is 126 Å². The van der Waals surface area contributed by atoms with E-state index in [1.807, 2.05) is 0 Å². The van der Waals surface area contributed by atoms with Crippen LogP contribution < -0.4 is 4.74 Å². The fourth-order valence-corrected chi connectivity index (χ4v) is 2.95. The van der Waals surface area contributed by atoms with Crippen LogP contribution in [0.3, 0.4) is 0 Å². The van der Waals surface area contributed by atoms with Gasteiger partial charge in [-0.05, 0) is 37.3 Å². The molecule has 1 aliphatic carbocycles. The molecule has 1 aliphatic rings. The number of hydrogen-bond donors (Lipinski definition) is 0. The zero-order chi connectivity index (χ0) is 16.3. The summed E-state index contributed by atoms with van der Waals surface area (Å²) in [5.41, 5.74) is -1.36. The lowest BCUT2D eigenvalue weighted by Crippen LogP contribution is -2.18. The fourth-order valence-electron chi connectivity index (χ4n) is 2.95. The third-order valence-corrected chi connectivity index (χ3v) is 4.04. The van der Waals surface area contributed by atoms with Crippen molar-refractivity contribution in [2.45, 2.75) is 45.2 Å². The van der Waals surface area contributed by atoms with Gasteiger partial charge in [0.2, 0.25) is 0 Å². The molecule has 0 radical (unpaired) electrons. The highest BCUT2D eigenvalue weighted by molar-refractivity contribution is 5.75. The second-order valence-electron chi connectivity index (χ2n) is 5.73. The lowest BCUT2D eigenvalue weighted by atomic mass is 10.0. The van der Waals surface area contributed by atoms with Gasteiger partial charge >= 0.3 is 12.1 Å². The van der Waals surface area contributed by atoms with Crippen LogP contribution in [-0.4, -0.2) is 5.97 Å². The van der Waals surface area contributed by atoms with Crippen LogP contribution in [-0.2, 0) is 11.0 Å². The van der Waals surface area contributed by atoms with E-state index < -0.39 is 23.5 Å². The Morgan fingerprint density at radius 3 is 2.64 bits per heavy atom. The predicted octanol–water partition coefficient (Wildman–Crippen LogP) is 4.97.